The molecular weight excluding hydrogens is 494 g/mol. The second-order valence-corrected chi connectivity index (χ2v) is 10.9. The third-order valence-corrected chi connectivity index (χ3v) is 8.62. The largest absolute Gasteiger partial charge is 0.468 e. The maximum Gasteiger partial charge on any atom is 0.337 e. The molecule has 1 saturated carbocycles. The van der Waals surface area contributed by atoms with Crippen LogP contribution in [0.4, 0.5) is 0 Å². The summed E-state index contributed by atoms with van der Waals surface area (Å²) in [5.41, 5.74) is 1.09. The number of amides is 1. The Kier molecular flexibility index (Phi) is 6.88. The highest BCUT2D eigenvalue weighted by Gasteiger charge is 2.35. The Balaban J connectivity index is 1.71. The number of hydrogen-bond acceptors (Lipinski definition) is 8. The van der Waals surface area contributed by atoms with Crippen molar-refractivity contribution in [3.63, 3.8) is 0 Å². The fraction of sp³-hybridized carbons (Fsp3) is 0.304. The van der Waals surface area contributed by atoms with Crippen LogP contribution < -0.4 is 4.80 Å². The molecule has 3 aromatic rings. The maximum absolute atomic E-state index is 12.9. The average molecular weight is 518 g/mol. The number of nitrogens with zero attached hydrogens (tertiary/aromatic N) is 3. The summed E-state index contributed by atoms with van der Waals surface area (Å²) in [5.74, 6) is -1.66. The summed E-state index contributed by atoms with van der Waals surface area (Å²) in [6, 6.07) is 10.4. The van der Waals surface area contributed by atoms with Crippen molar-refractivity contribution in [1.82, 2.24) is 8.87 Å². The number of esters is 2. The van der Waals surface area contributed by atoms with Crippen LogP contribution in [0.1, 0.15) is 33.6 Å². The van der Waals surface area contributed by atoms with E-state index in [0.29, 0.717) is 15.8 Å². The molecule has 0 unspecified atom stereocenters. The molecule has 0 aliphatic heterocycles. The number of benzene rings is 2. The molecule has 1 aliphatic carbocycles. The van der Waals surface area contributed by atoms with Gasteiger partial charge < -0.3 is 14.0 Å². The molecule has 10 nitrogen and oxygen atoms in total. The minimum Gasteiger partial charge on any atom is -0.468 e. The number of methoxy groups -OCH3 is 2. The van der Waals surface area contributed by atoms with Crippen molar-refractivity contribution >= 4 is 49.4 Å². The molecule has 1 heterocycles. The highest BCUT2D eigenvalue weighted by atomic mass is 32.2. The number of rotatable bonds is 7. The molecule has 4 rings (SSSR count). The van der Waals surface area contributed by atoms with Crippen LogP contribution >= 0.6 is 11.3 Å². The summed E-state index contributed by atoms with van der Waals surface area (Å²) in [4.78, 5) is 41.3. The first-order valence-electron chi connectivity index (χ1n) is 10.6. The first kappa shape index (κ1) is 24.8. The van der Waals surface area contributed by atoms with Crippen LogP contribution in [-0.2, 0) is 30.8 Å². The Morgan fingerprint density at radius 3 is 2.31 bits per heavy atom. The lowest BCUT2D eigenvalue weighted by atomic mass is 10.2. The van der Waals surface area contributed by atoms with E-state index in [1.54, 1.807) is 25.2 Å². The van der Waals surface area contributed by atoms with Gasteiger partial charge in [-0.1, -0.05) is 11.3 Å². The highest BCUT2D eigenvalue weighted by Crippen LogP contribution is 2.30. The van der Waals surface area contributed by atoms with Gasteiger partial charge in [-0.15, -0.1) is 0 Å². The van der Waals surface area contributed by atoms with Gasteiger partial charge in [0.05, 0.1) is 34.9 Å². The van der Waals surface area contributed by atoms with Gasteiger partial charge in [0.1, 0.15) is 6.54 Å². The van der Waals surface area contributed by atoms with E-state index in [1.807, 2.05) is 0 Å². The minimum absolute atomic E-state index is 0.0224. The molecule has 1 fully saturated rings. The van der Waals surface area contributed by atoms with Crippen LogP contribution in [0.25, 0.3) is 10.2 Å². The van der Waals surface area contributed by atoms with E-state index in [1.165, 1.54) is 47.4 Å². The van der Waals surface area contributed by atoms with Crippen molar-refractivity contribution in [1.29, 1.82) is 0 Å². The number of hydrogen-bond donors (Lipinski definition) is 0. The van der Waals surface area contributed by atoms with Crippen LogP contribution in [0.2, 0.25) is 0 Å². The van der Waals surface area contributed by atoms with Crippen molar-refractivity contribution in [2.75, 3.05) is 21.3 Å². The zero-order valence-corrected chi connectivity index (χ0v) is 20.9. The Morgan fingerprint density at radius 1 is 1.06 bits per heavy atom. The number of carbonyl (C=O) groups is 3. The minimum atomic E-state index is -3.63. The summed E-state index contributed by atoms with van der Waals surface area (Å²) in [6.45, 7) is -0.190. The van der Waals surface area contributed by atoms with E-state index in [-0.39, 0.29) is 27.8 Å². The molecule has 0 spiro atoms. The molecule has 184 valence electrons. The molecule has 0 bridgehead atoms. The standard InChI is InChI=1S/C23H23N3O7S2/c1-25(16-7-8-16)35(30,31)17-9-4-14(5-10-17)21(28)24-23-26(13-20(27)32-2)18-11-6-15(22(29)33-3)12-19(18)34-23/h4-6,9-12,16H,7-8,13H2,1-3H3. The zero-order chi connectivity index (χ0) is 25.3. The van der Waals surface area contributed by atoms with Crippen molar-refractivity contribution in [2.24, 2.45) is 4.99 Å². The Hall–Kier alpha value is -3.35. The molecule has 12 heteroatoms. The number of carbonyl (C=O) groups excluding carboxylic acids is 3. The van der Waals surface area contributed by atoms with E-state index in [4.69, 9.17) is 9.47 Å². The maximum atomic E-state index is 12.9. The second kappa shape index (κ2) is 9.72. The lowest BCUT2D eigenvalue weighted by Gasteiger charge is -2.16. The third kappa shape index (κ3) is 5.04. The molecule has 0 N–H and O–H groups in total. The number of fused-ring (bicyclic) bond motifs is 1. The van der Waals surface area contributed by atoms with Gasteiger partial charge >= 0.3 is 11.9 Å². The van der Waals surface area contributed by atoms with Crippen LogP contribution in [0, 0.1) is 0 Å². The molecule has 0 atom stereocenters. The van der Waals surface area contributed by atoms with E-state index >= 15 is 0 Å². The summed E-state index contributed by atoms with van der Waals surface area (Å²) < 4.78 is 38.4. The first-order chi connectivity index (χ1) is 16.6. The molecule has 35 heavy (non-hydrogen) atoms. The summed E-state index contributed by atoms with van der Waals surface area (Å²) in [7, 11) is 0.451. The highest BCUT2D eigenvalue weighted by molar-refractivity contribution is 7.89. The van der Waals surface area contributed by atoms with Crippen LogP contribution in [0.3, 0.4) is 0 Å². The average Bonchev–Trinajstić information content (AvgIpc) is 3.66. The Bertz CT molecular complexity index is 1480. The fourth-order valence-corrected chi connectivity index (χ4v) is 5.95. The normalized spacial score (nSPS) is 14.3. The first-order valence-corrected chi connectivity index (χ1v) is 12.9. The Labute approximate surface area is 205 Å². The van der Waals surface area contributed by atoms with Crippen LogP contribution in [-0.4, -0.2) is 62.4 Å². The lowest BCUT2D eigenvalue weighted by molar-refractivity contribution is -0.141. The van der Waals surface area contributed by atoms with Gasteiger partial charge in [0.2, 0.25) is 10.0 Å². The van der Waals surface area contributed by atoms with Crippen LogP contribution in [0.15, 0.2) is 52.4 Å². The van der Waals surface area contributed by atoms with E-state index in [2.05, 4.69) is 4.99 Å². The van der Waals surface area contributed by atoms with Crippen molar-refractivity contribution in [2.45, 2.75) is 30.3 Å². The molecule has 0 saturated heterocycles. The fourth-order valence-electron chi connectivity index (χ4n) is 3.47. The van der Waals surface area contributed by atoms with E-state index in [0.717, 1.165) is 24.2 Å². The van der Waals surface area contributed by atoms with Crippen molar-refractivity contribution < 1.29 is 32.3 Å². The number of aromatic nitrogens is 1. The topological polar surface area (TPSA) is 124 Å². The smallest absolute Gasteiger partial charge is 0.337 e. The molecule has 2 aromatic carbocycles. The number of thiazole rings is 1. The zero-order valence-electron chi connectivity index (χ0n) is 19.3. The number of sulfonamides is 1. The molecule has 1 aromatic heterocycles. The van der Waals surface area contributed by atoms with Gasteiger partial charge in [0, 0.05) is 18.7 Å². The summed E-state index contributed by atoms with van der Waals surface area (Å²) in [6.07, 6.45) is 1.68. The predicted octanol–water partition coefficient (Wildman–Crippen LogP) is 2.19. The van der Waals surface area contributed by atoms with E-state index in [9.17, 15) is 22.8 Å². The quantitative estimate of drug-likeness (QED) is 0.440. The van der Waals surface area contributed by atoms with Gasteiger partial charge in [0.25, 0.3) is 5.91 Å². The van der Waals surface area contributed by atoms with Crippen molar-refractivity contribution in [3.8, 4) is 0 Å². The van der Waals surface area contributed by atoms with Crippen molar-refractivity contribution in [3.05, 3.63) is 58.4 Å². The molecule has 1 aliphatic rings. The molecule has 0 radical (unpaired) electrons. The van der Waals surface area contributed by atoms with E-state index < -0.39 is 27.9 Å². The molecule has 1 amide bonds. The van der Waals surface area contributed by atoms with Gasteiger partial charge in [-0.25, -0.2) is 13.2 Å². The monoisotopic (exact) mass is 517 g/mol. The third-order valence-electron chi connectivity index (χ3n) is 5.66. The predicted molar refractivity (Wildman–Crippen MR) is 127 cm³/mol. The van der Waals surface area contributed by atoms with Gasteiger partial charge in [0.15, 0.2) is 4.80 Å². The van der Waals surface area contributed by atoms with Gasteiger partial charge in [-0.2, -0.15) is 9.30 Å². The second-order valence-electron chi connectivity index (χ2n) is 7.91. The van der Waals surface area contributed by atoms with Gasteiger partial charge in [-0.3, -0.25) is 9.59 Å². The number of ether oxygens (including phenoxy) is 2. The lowest BCUT2D eigenvalue weighted by Crippen LogP contribution is -2.28. The molecular formula is C23H23N3O7S2. The summed E-state index contributed by atoms with van der Waals surface area (Å²) in [5, 5.41) is 0. The van der Waals surface area contributed by atoms with Crippen LogP contribution in [0.5, 0.6) is 0 Å². The Morgan fingerprint density at radius 2 is 1.71 bits per heavy atom. The summed E-state index contributed by atoms with van der Waals surface area (Å²) >= 11 is 1.12. The SMILES string of the molecule is COC(=O)Cn1c(=NC(=O)c2ccc(S(=O)(=O)N(C)C3CC3)cc2)sc2cc(C(=O)OC)ccc21. The van der Waals surface area contributed by atoms with Gasteiger partial charge in [-0.05, 0) is 55.3 Å².